The van der Waals surface area contributed by atoms with Crippen LogP contribution in [0.4, 0.5) is 13.2 Å². The van der Waals surface area contributed by atoms with E-state index >= 15 is 0 Å². The molecule has 3 rings (SSSR count). The van der Waals surface area contributed by atoms with Gasteiger partial charge in [0.1, 0.15) is 12.4 Å². The van der Waals surface area contributed by atoms with Gasteiger partial charge in [0, 0.05) is 5.56 Å². The summed E-state index contributed by atoms with van der Waals surface area (Å²) in [6, 6.07) is 3.77. The first kappa shape index (κ1) is 11.8. The molecule has 1 unspecified atom stereocenters. The van der Waals surface area contributed by atoms with Gasteiger partial charge in [0.05, 0.1) is 11.6 Å². The van der Waals surface area contributed by atoms with Crippen molar-refractivity contribution in [2.45, 2.75) is 25.1 Å². The van der Waals surface area contributed by atoms with Crippen LogP contribution in [0.3, 0.4) is 0 Å². The summed E-state index contributed by atoms with van der Waals surface area (Å²) in [6.45, 7) is 1.35. The first-order chi connectivity index (χ1) is 8.54. The molecule has 0 radical (unpaired) electrons. The van der Waals surface area contributed by atoms with Crippen molar-refractivity contribution in [1.29, 1.82) is 0 Å². The van der Waals surface area contributed by atoms with Crippen molar-refractivity contribution in [1.82, 2.24) is 5.32 Å². The molecule has 0 bridgehead atoms. The maximum Gasteiger partial charge on any atom is 0.416 e. The lowest BCUT2D eigenvalue weighted by molar-refractivity contribution is -0.137. The molecular formula is C13H14F3NO. The summed E-state index contributed by atoms with van der Waals surface area (Å²) < 4.78 is 43.0. The molecule has 0 aromatic heterocycles. The van der Waals surface area contributed by atoms with Crippen molar-refractivity contribution in [3.8, 4) is 5.75 Å². The van der Waals surface area contributed by atoms with Gasteiger partial charge in [-0.15, -0.1) is 0 Å². The van der Waals surface area contributed by atoms with E-state index in [1.54, 1.807) is 0 Å². The van der Waals surface area contributed by atoms with Crippen molar-refractivity contribution in [2.24, 2.45) is 5.92 Å². The molecule has 1 aromatic carbocycles. The van der Waals surface area contributed by atoms with Crippen LogP contribution in [0.15, 0.2) is 18.2 Å². The Labute approximate surface area is 103 Å². The summed E-state index contributed by atoms with van der Waals surface area (Å²) in [4.78, 5) is 0. The number of rotatable bonds is 3. The van der Waals surface area contributed by atoms with Crippen LogP contribution in [-0.4, -0.2) is 13.2 Å². The highest BCUT2D eigenvalue weighted by Gasteiger charge is 2.34. The Balaban J connectivity index is 1.75. The maximum atomic E-state index is 12.5. The Morgan fingerprint density at radius 3 is 2.72 bits per heavy atom. The third-order valence-corrected chi connectivity index (χ3v) is 3.47. The lowest BCUT2D eigenvalue weighted by Crippen LogP contribution is -2.24. The minimum atomic E-state index is -4.31. The molecule has 0 amide bonds. The number of alkyl halides is 3. The molecule has 18 heavy (non-hydrogen) atoms. The largest absolute Gasteiger partial charge is 0.491 e. The normalized spacial score (nSPS) is 22.7. The molecule has 1 atom stereocenters. The number of benzene rings is 1. The Morgan fingerprint density at radius 2 is 2.06 bits per heavy atom. The number of fused-ring (bicyclic) bond motifs is 1. The molecule has 1 N–H and O–H groups in total. The van der Waals surface area contributed by atoms with Crippen LogP contribution in [0, 0.1) is 5.92 Å². The van der Waals surface area contributed by atoms with Crippen LogP contribution in [0.1, 0.15) is 30.0 Å². The highest BCUT2D eigenvalue weighted by molar-refractivity contribution is 5.43. The van der Waals surface area contributed by atoms with E-state index in [2.05, 4.69) is 5.32 Å². The molecule has 98 valence electrons. The highest BCUT2D eigenvalue weighted by atomic mass is 19.4. The van der Waals surface area contributed by atoms with Gasteiger partial charge in [0.15, 0.2) is 0 Å². The minimum absolute atomic E-state index is 0.0304. The van der Waals surface area contributed by atoms with E-state index in [-0.39, 0.29) is 6.04 Å². The standard InChI is InChI=1S/C13H14F3NO/c14-13(15,16)9-3-4-10-11(7-18-12(10)5-9)17-6-8-1-2-8/h3-5,8,11,17H,1-2,6-7H2. The van der Waals surface area contributed by atoms with Crippen LogP contribution in [0.5, 0.6) is 5.75 Å². The van der Waals surface area contributed by atoms with Gasteiger partial charge < -0.3 is 10.1 Å². The van der Waals surface area contributed by atoms with Crippen LogP contribution >= 0.6 is 0 Å². The summed E-state index contributed by atoms with van der Waals surface area (Å²) in [5.41, 5.74) is 0.188. The summed E-state index contributed by atoms with van der Waals surface area (Å²) in [7, 11) is 0. The number of hydrogen-bond acceptors (Lipinski definition) is 2. The molecule has 0 saturated heterocycles. The van der Waals surface area contributed by atoms with Crippen molar-refractivity contribution >= 4 is 0 Å². The fourth-order valence-electron chi connectivity index (χ4n) is 2.19. The van der Waals surface area contributed by atoms with Crippen LogP contribution in [-0.2, 0) is 6.18 Å². The zero-order chi connectivity index (χ0) is 12.8. The van der Waals surface area contributed by atoms with Gasteiger partial charge in [-0.1, -0.05) is 6.07 Å². The van der Waals surface area contributed by atoms with E-state index < -0.39 is 11.7 Å². The topological polar surface area (TPSA) is 21.3 Å². The quantitative estimate of drug-likeness (QED) is 0.898. The average Bonchev–Trinajstić information content (AvgIpc) is 3.05. The molecule has 5 heteroatoms. The first-order valence-corrected chi connectivity index (χ1v) is 6.11. The SMILES string of the molecule is FC(F)(F)c1ccc2c(c1)OCC2NCC1CC1. The number of nitrogens with one attached hydrogen (secondary N) is 1. The van der Waals surface area contributed by atoms with Gasteiger partial charge in [-0.2, -0.15) is 13.2 Å². The second-order valence-corrected chi connectivity index (χ2v) is 4.97. The smallest absolute Gasteiger partial charge is 0.416 e. The Morgan fingerprint density at radius 1 is 1.28 bits per heavy atom. The molecule has 1 aliphatic heterocycles. The van der Waals surface area contributed by atoms with Crippen molar-refractivity contribution in [2.75, 3.05) is 13.2 Å². The van der Waals surface area contributed by atoms with Crippen molar-refractivity contribution in [3.05, 3.63) is 29.3 Å². The maximum absolute atomic E-state index is 12.5. The van der Waals surface area contributed by atoms with E-state index in [0.717, 1.165) is 30.2 Å². The predicted molar refractivity (Wildman–Crippen MR) is 60.4 cm³/mol. The number of ether oxygens (including phenoxy) is 1. The zero-order valence-corrected chi connectivity index (χ0v) is 9.76. The van der Waals surface area contributed by atoms with Gasteiger partial charge in [-0.25, -0.2) is 0 Å². The lowest BCUT2D eigenvalue weighted by Gasteiger charge is -2.11. The molecule has 2 aliphatic rings. The summed E-state index contributed by atoms with van der Waals surface area (Å²) in [6.07, 6.45) is -1.81. The average molecular weight is 257 g/mol. The Bertz CT molecular complexity index is 454. The Hall–Kier alpha value is -1.23. The third kappa shape index (κ3) is 2.32. The van der Waals surface area contributed by atoms with Crippen molar-refractivity contribution in [3.63, 3.8) is 0 Å². The molecule has 0 spiro atoms. The van der Waals surface area contributed by atoms with E-state index in [4.69, 9.17) is 4.74 Å². The summed E-state index contributed by atoms with van der Waals surface area (Å²) in [5, 5.41) is 3.35. The fraction of sp³-hybridized carbons (Fsp3) is 0.538. The molecule has 1 saturated carbocycles. The van der Waals surface area contributed by atoms with Gasteiger partial charge in [0.2, 0.25) is 0 Å². The van der Waals surface area contributed by atoms with Gasteiger partial charge in [0.25, 0.3) is 0 Å². The van der Waals surface area contributed by atoms with E-state index in [1.165, 1.54) is 18.9 Å². The van der Waals surface area contributed by atoms with Crippen molar-refractivity contribution < 1.29 is 17.9 Å². The molecule has 1 heterocycles. The van der Waals surface area contributed by atoms with Gasteiger partial charge >= 0.3 is 6.18 Å². The van der Waals surface area contributed by atoms with Gasteiger partial charge in [-0.3, -0.25) is 0 Å². The fourth-order valence-corrected chi connectivity index (χ4v) is 2.19. The number of hydrogen-bond donors (Lipinski definition) is 1. The monoisotopic (exact) mass is 257 g/mol. The Kier molecular flexibility index (Phi) is 2.73. The predicted octanol–water partition coefficient (Wildman–Crippen LogP) is 3.14. The first-order valence-electron chi connectivity index (χ1n) is 6.11. The summed E-state index contributed by atoms with van der Waals surface area (Å²) in [5.74, 6) is 1.10. The van der Waals surface area contributed by atoms with Crippen LogP contribution in [0.2, 0.25) is 0 Å². The van der Waals surface area contributed by atoms with E-state index in [0.29, 0.717) is 12.4 Å². The van der Waals surface area contributed by atoms with Gasteiger partial charge in [-0.05, 0) is 37.4 Å². The highest BCUT2D eigenvalue weighted by Crippen LogP contribution is 2.38. The van der Waals surface area contributed by atoms with Crippen LogP contribution < -0.4 is 10.1 Å². The summed E-state index contributed by atoms with van der Waals surface area (Å²) >= 11 is 0. The van der Waals surface area contributed by atoms with E-state index in [1.807, 2.05) is 0 Å². The third-order valence-electron chi connectivity index (χ3n) is 3.47. The molecule has 1 fully saturated rings. The van der Waals surface area contributed by atoms with Crippen LogP contribution in [0.25, 0.3) is 0 Å². The van der Waals surface area contributed by atoms with E-state index in [9.17, 15) is 13.2 Å². The molecular weight excluding hydrogens is 243 g/mol. The second-order valence-electron chi connectivity index (χ2n) is 4.97. The molecule has 1 aliphatic carbocycles. The zero-order valence-electron chi connectivity index (χ0n) is 9.76. The minimum Gasteiger partial charge on any atom is -0.491 e. The number of halogens is 3. The molecule has 1 aromatic rings. The lowest BCUT2D eigenvalue weighted by atomic mass is 10.1. The molecule has 2 nitrogen and oxygen atoms in total. The second kappa shape index (κ2) is 4.16.